The Kier molecular flexibility index (Phi) is 5.83. The molecule has 2 rings (SSSR count). The van der Waals surface area contributed by atoms with Gasteiger partial charge in [0.15, 0.2) is 0 Å². The molecule has 0 fully saturated rings. The third kappa shape index (κ3) is 3.66. The fraction of sp³-hybridized carbons (Fsp3) is 0.444. The summed E-state index contributed by atoms with van der Waals surface area (Å²) in [7, 11) is 1.75. The lowest BCUT2D eigenvalue weighted by molar-refractivity contribution is 0.404. The van der Waals surface area contributed by atoms with Gasteiger partial charge >= 0.3 is 0 Å². The number of methoxy groups -OCH3 is 1. The summed E-state index contributed by atoms with van der Waals surface area (Å²) in [6.45, 7) is 7.56. The molecule has 21 heavy (non-hydrogen) atoms. The number of hydrogen-bond donors (Lipinski definition) is 1. The summed E-state index contributed by atoms with van der Waals surface area (Å²) in [6.07, 6.45) is 2.19. The molecule has 0 saturated heterocycles. The zero-order valence-electron chi connectivity index (χ0n) is 13.4. The smallest absolute Gasteiger partial charge is 0.124 e. The maximum Gasteiger partial charge on any atom is 0.124 e. The van der Waals surface area contributed by atoms with E-state index < -0.39 is 0 Å². The first-order chi connectivity index (χ1) is 10.2. The summed E-state index contributed by atoms with van der Waals surface area (Å²) >= 11 is 1.83. The number of aryl methyl sites for hydroxylation is 2. The Morgan fingerprint density at radius 2 is 2.05 bits per heavy atom. The second kappa shape index (κ2) is 7.62. The van der Waals surface area contributed by atoms with Gasteiger partial charge in [0.05, 0.1) is 13.2 Å². The predicted molar refractivity (Wildman–Crippen MR) is 91.6 cm³/mol. The van der Waals surface area contributed by atoms with E-state index in [9.17, 15) is 0 Å². The van der Waals surface area contributed by atoms with Crippen LogP contribution >= 0.6 is 11.3 Å². The van der Waals surface area contributed by atoms with Gasteiger partial charge in [-0.3, -0.25) is 0 Å². The SMILES string of the molecule is CCCNC(c1cc(C)ccc1OC)c1sccc1CC. The predicted octanol–water partition coefficient (Wildman–Crippen LogP) is 4.72. The molecule has 1 aromatic heterocycles. The zero-order chi connectivity index (χ0) is 15.2. The van der Waals surface area contributed by atoms with Crippen LogP contribution in [0.3, 0.4) is 0 Å². The fourth-order valence-corrected chi connectivity index (χ4v) is 3.69. The molecule has 3 heteroatoms. The van der Waals surface area contributed by atoms with E-state index in [4.69, 9.17) is 4.74 Å². The molecule has 0 aliphatic rings. The summed E-state index contributed by atoms with van der Waals surface area (Å²) < 4.78 is 5.60. The van der Waals surface area contributed by atoms with E-state index in [1.165, 1.54) is 21.6 Å². The quantitative estimate of drug-likeness (QED) is 0.799. The lowest BCUT2D eigenvalue weighted by Gasteiger charge is -2.22. The first-order valence-corrected chi connectivity index (χ1v) is 8.53. The highest BCUT2D eigenvalue weighted by Gasteiger charge is 2.21. The normalized spacial score (nSPS) is 12.4. The molecule has 1 unspecified atom stereocenters. The third-order valence-electron chi connectivity index (χ3n) is 3.72. The van der Waals surface area contributed by atoms with Gasteiger partial charge in [-0.25, -0.2) is 0 Å². The van der Waals surface area contributed by atoms with Crippen molar-refractivity contribution in [1.82, 2.24) is 5.32 Å². The molecule has 1 heterocycles. The molecule has 0 amide bonds. The van der Waals surface area contributed by atoms with Crippen LogP contribution in [0.4, 0.5) is 0 Å². The van der Waals surface area contributed by atoms with Gasteiger partial charge in [-0.1, -0.05) is 31.5 Å². The minimum atomic E-state index is 0.217. The van der Waals surface area contributed by atoms with Gasteiger partial charge in [0.2, 0.25) is 0 Å². The summed E-state index contributed by atoms with van der Waals surface area (Å²) in [4.78, 5) is 1.41. The molecular weight excluding hydrogens is 278 g/mol. The van der Waals surface area contributed by atoms with Crippen molar-refractivity contribution in [1.29, 1.82) is 0 Å². The number of nitrogens with one attached hydrogen (secondary N) is 1. The highest BCUT2D eigenvalue weighted by molar-refractivity contribution is 7.10. The summed E-state index contributed by atoms with van der Waals surface area (Å²) in [5.41, 5.74) is 3.93. The van der Waals surface area contributed by atoms with Gasteiger partial charge in [0.25, 0.3) is 0 Å². The maximum absolute atomic E-state index is 5.60. The number of ether oxygens (including phenoxy) is 1. The minimum absolute atomic E-state index is 0.217. The van der Waals surface area contributed by atoms with Crippen molar-refractivity contribution in [2.24, 2.45) is 0 Å². The molecule has 2 aromatic rings. The lowest BCUT2D eigenvalue weighted by atomic mass is 9.98. The largest absolute Gasteiger partial charge is 0.496 e. The number of thiophene rings is 1. The van der Waals surface area contributed by atoms with Crippen molar-refractivity contribution in [3.63, 3.8) is 0 Å². The molecule has 2 nitrogen and oxygen atoms in total. The molecule has 0 aliphatic carbocycles. The highest BCUT2D eigenvalue weighted by Crippen LogP contribution is 2.35. The zero-order valence-corrected chi connectivity index (χ0v) is 14.2. The molecule has 0 aliphatic heterocycles. The highest BCUT2D eigenvalue weighted by atomic mass is 32.1. The van der Waals surface area contributed by atoms with E-state index in [0.29, 0.717) is 0 Å². The van der Waals surface area contributed by atoms with Crippen LogP contribution in [0.1, 0.15) is 47.9 Å². The topological polar surface area (TPSA) is 21.3 Å². The Morgan fingerprint density at radius 3 is 2.71 bits per heavy atom. The monoisotopic (exact) mass is 303 g/mol. The first kappa shape index (κ1) is 16.1. The summed E-state index contributed by atoms with van der Waals surface area (Å²) in [6, 6.07) is 8.88. The Labute approximate surface area is 132 Å². The Balaban J connectivity index is 2.47. The van der Waals surface area contributed by atoms with Crippen LogP contribution in [0.25, 0.3) is 0 Å². The average molecular weight is 303 g/mol. The standard InChI is InChI=1S/C18H25NOS/c1-5-10-19-17(18-14(6-2)9-11-21-18)15-12-13(3)7-8-16(15)20-4/h7-9,11-12,17,19H,5-6,10H2,1-4H3. The molecule has 0 saturated carbocycles. The van der Waals surface area contributed by atoms with Gasteiger partial charge in [-0.2, -0.15) is 0 Å². The molecule has 1 atom stereocenters. The maximum atomic E-state index is 5.60. The summed E-state index contributed by atoms with van der Waals surface area (Å²) in [5, 5.41) is 5.89. The van der Waals surface area contributed by atoms with Gasteiger partial charge in [0, 0.05) is 10.4 Å². The van der Waals surface area contributed by atoms with Gasteiger partial charge in [-0.15, -0.1) is 11.3 Å². The van der Waals surface area contributed by atoms with Gasteiger partial charge in [0.1, 0.15) is 5.75 Å². The van der Waals surface area contributed by atoms with Crippen LogP contribution in [-0.4, -0.2) is 13.7 Å². The van der Waals surface area contributed by atoms with Crippen molar-refractivity contribution in [2.45, 2.75) is 39.7 Å². The lowest BCUT2D eigenvalue weighted by Crippen LogP contribution is -2.23. The van der Waals surface area contributed by atoms with Crippen LogP contribution in [0, 0.1) is 6.92 Å². The first-order valence-electron chi connectivity index (χ1n) is 7.65. The van der Waals surface area contributed by atoms with Crippen LogP contribution in [-0.2, 0) is 6.42 Å². The van der Waals surface area contributed by atoms with Crippen LogP contribution < -0.4 is 10.1 Å². The molecule has 1 N–H and O–H groups in total. The molecule has 0 spiro atoms. The Morgan fingerprint density at radius 1 is 1.24 bits per heavy atom. The van der Waals surface area contributed by atoms with Crippen LogP contribution in [0.2, 0.25) is 0 Å². The molecule has 0 bridgehead atoms. The van der Waals surface area contributed by atoms with Crippen molar-refractivity contribution >= 4 is 11.3 Å². The molecule has 0 radical (unpaired) electrons. The van der Waals surface area contributed by atoms with E-state index in [-0.39, 0.29) is 6.04 Å². The minimum Gasteiger partial charge on any atom is -0.496 e. The van der Waals surface area contributed by atoms with Gasteiger partial charge in [-0.05, 0) is 49.4 Å². The van der Waals surface area contributed by atoms with Crippen LogP contribution in [0.5, 0.6) is 5.75 Å². The van der Waals surface area contributed by atoms with Crippen molar-refractivity contribution in [2.75, 3.05) is 13.7 Å². The van der Waals surface area contributed by atoms with Gasteiger partial charge < -0.3 is 10.1 Å². The second-order valence-corrected chi connectivity index (χ2v) is 6.24. The second-order valence-electron chi connectivity index (χ2n) is 5.30. The Hall–Kier alpha value is -1.32. The number of rotatable bonds is 7. The molecular formula is C18H25NOS. The van der Waals surface area contributed by atoms with Crippen molar-refractivity contribution < 1.29 is 4.74 Å². The van der Waals surface area contributed by atoms with E-state index in [2.05, 4.69) is 55.7 Å². The summed E-state index contributed by atoms with van der Waals surface area (Å²) in [5.74, 6) is 0.963. The third-order valence-corrected chi connectivity index (χ3v) is 4.74. The van der Waals surface area contributed by atoms with Crippen LogP contribution in [0.15, 0.2) is 29.6 Å². The van der Waals surface area contributed by atoms with E-state index in [1.807, 2.05) is 11.3 Å². The molecule has 1 aromatic carbocycles. The van der Waals surface area contributed by atoms with E-state index in [1.54, 1.807) is 7.11 Å². The Bertz CT molecular complexity index is 576. The van der Waals surface area contributed by atoms with E-state index in [0.717, 1.165) is 25.1 Å². The van der Waals surface area contributed by atoms with Crippen molar-refractivity contribution in [3.8, 4) is 5.75 Å². The number of benzene rings is 1. The van der Waals surface area contributed by atoms with Crippen molar-refractivity contribution in [3.05, 3.63) is 51.2 Å². The fourth-order valence-electron chi connectivity index (χ4n) is 2.60. The average Bonchev–Trinajstić information content (AvgIpc) is 2.96. The van der Waals surface area contributed by atoms with E-state index >= 15 is 0 Å². The number of hydrogen-bond acceptors (Lipinski definition) is 3. The molecule has 114 valence electrons.